The van der Waals surface area contributed by atoms with Gasteiger partial charge in [-0.1, -0.05) is 23.7 Å². The molecule has 2 heterocycles. The number of nitrogens with zero attached hydrogens (tertiary/aromatic N) is 2. The molecule has 1 saturated heterocycles. The van der Waals surface area contributed by atoms with E-state index in [1.165, 1.54) is 6.21 Å². The van der Waals surface area contributed by atoms with Crippen LogP contribution in [0.3, 0.4) is 0 Å². The van der Waals surface area contributed by atoms with Gasteiger partial charge in [-0.3, -0.25) is 9.69 Å². The highest BCUT2D eigenvalue weighted by atomic mass is 35.5. The van der Waals surface area contributed by atoms with Gasteiger partial charge in [-0.15, -0.1) is 0 Å². The van der Waals surface area contributed by atoms with Gasteiger partial charge < -0.3 is 4.42 Å². The molecule has 1 amide bonds. The fourth-order valence-corrected chi connectivity index (χ4v) is 2.85. The number of hydrogen-bond donors (Lipinski definition) is 1. The van der Waals surface area contributed by atoms with Crippen LogP contribution in [0, 0.1) is 6.92 Å². The number of furan rings is 1. The molecule has 0 spiro atoms. The van der Waals surface area contributed by atoms with Crippen LogP contribution < -0.4 is 5.43 Å². The molecule has 0 unspecified atom stereocenters. The minimum atomic E-state index is -0.106. The molecular formula is C18H20ClN3O2. The predicted octanol–water partition coefficient (Wildman–Crippen LogP) is 3.45. The summed E-state index contributed by atoms with van der Waals surface area (Å²) in [5, 5.41) is 4.65. The van der Waals surface area contributed by atoms with Crippen LogP contribution >= 0.6 is 11.6 Å². The third kappa shape index (κ3) is 4.24. The maximum atomic E-state index is 11.8. The lowest BCUT2D eigenvalue weighted by molar-refractivity contribution is -0.121. The van der Waals surface area contributed by atoms with Crippen LogP contribution in [0.4, 0.5) is 0 Å². The first-order valence-electron chi connectivity index (χ1n) is 8.02. The largest absolute Gasteiger partial charge is 0.455 e. The number of carbonyl (C=O) groups excluding carboxylic acids is 1. The molecule has 3 rings (SSSR count). The Hall–Kier alpha value is -2.11. The van der Waals surface area contributed by atoms with Crippen molar-refractivity contribution in [3.63, 3.8) is 0 Å². The molecule has 1 aliphatic heterocycles. The van der Waals surface area contributed by atoms with Gasteiger partial charge in [-0.05, 0) is 56.6 Å². The van der Waals surface area contributed by atoms with Crippen LogP contribution in [-0.2, 0) is 4.79 Å². The summed E-state index contributed by atoms with van der Waals surface area (Å²) in [7, 11) is 0. The second-order valence-electron chi connectivity index (χ2n) is 5.94. The van der Waals surface area contributed by atoms with Crippen molar-refractivity contribution in [3.05, 3.63) is 46.7 Å². The van der Waals surface area contributed by atoms with Crippen molar-refractivity contribution in [2.45, 2.75) is 19.8 Å². The molecule has 2 aromatic rings. The number of likely N-dealkylation sites (tertiary alicyclic amines) is 1. The number of hydrazone groups is 1. The van der Waals surface area contributed by atoms with Gasteiger partial charge >= 0.3 is 0 Å². The van der Waals surface area contributed by atoms with Crippen molar-refractivity contribution in [3.8, 4) is 11.3 Å². The van der Waals surface area contributed by atoms with Crippen LogP contribution in [0.5, 0.6) is 0 Å². The van der Waals surface area contributed by atoms with Crippen molar-refractivity contribution >= 4 is 23.7 Å². The summed E-state index contributed by atoms with van der Waals surface area (Å²) in [4.78, 5) is 13.9. The summed E-state index contributed by atoms with van der Waals surface area (Å²) in [6.07, 6.45) is 3.82. The van der Waals surface area contributed by atoms with E-state index in [0.717, 1.165) is 37.1 Å². The van der Waals surface area contributed by atoms with E-state index in [4.69, 9.17) is 16.0 Å². The van der Waals surface area contributed by atoms with Gasteiger partial charge in [-0.2, -0.15) is 5.10 Å². The summed E-state index contributed by atoms with van der Waals surface area (Å²) in [6, 6.07) is 9.44. The molecule has 5 nitrogen and oxygen atoms in total. The number of rotatable bonds is 5. The highest BCUT2D eigenvalue weighted by molar-refractivity contribution is 6.31. The van der Waals surface area contributed by atoms with E-state index < -0.39 is 0 Å². The molecule has 0 atom stereocenters. The topological polar surface area (TPSA) is 57.8 Å². The minimum Gasteiger partial charge on any atom is -0.455 e. The van der Waals surface area contributed by atoms with Crippen LogP contribution in [-0.4, -0.2) is 36.7 Å². The number of carbonyl (C=O) groups is 1. The van der Waals surface area contributed by atoms with E-state index in [2.05, 4.69) is 15.4 Å². The Morgan fingerprint density at radius 2 is 2.12 bits per heavy atom. The Morgan fingerprint density at radius 1 is 1.33 bits per heavy atom. The lowest BCUT2D eigenvalue weighted by atomic mass is 10.1. The third-order valence-electron chi connectivity index (χ3n) is 4.03. The summed E-state index contributed by atoms with van der Waals surface area (Å²) >= 11 is 6.14. The number of amides is 1. The zero-order valence-electron chi connectivity index (χ0n) is 13.6. The van der Waals surface area contributed by atoms with Gasteiger partial charge in [0.25, 0.3) is 5.91 Å². The molecule has 24 heavy (non-hydrogen) atoms. The Kier molecular flexibility index (Phi) is 5.33. The summed E-state index contributed by atoms with van der Waals surface area (Å²) < 4.78 is 5.71. The third-order valence-corrected chi connectivity index (χ3v) is 4.44. The monoisotopic (exact) mass is 345 g/mol. The summed E-state index contributed by atoms with van der Waals surface area (Å²) in [5.41, 5.74) is 4.46. The Morgan fingerprint density at radius 3 is 2.88 bits per heavy atom. The first kappa shape index (κ1) is 16.7. The van der Waals surface area contributed by atoms with Crippen molar-refractivity contribution in [2.24, 2.45) is 5.10 Å². The maximum absolute atomic E-state index is 11.8. The van der Waals surface area contributed by atoms with Gasteiger partial charge in [0.05, 0.1) is 12.8 Å². The smallest absolute Gasteiger partial charge is 0.254 e. The second kappa shape index (κ2) is 7.64. The molecule has 1 fully saturated rings. The molecule has 1 N–H and O–H groups in total. The molecule has 1 aliphatic rings. The van der Waals surface area contributed by atoms with Gasteiger partial charge in [0, 0.05) is 10.6 Å². The molecular weight excluding hydrogens is 326 g/mol. The lowest BCUT2D eigenvalue weighted by Crippen LogP contribution is -2.33. The highest BCUT2D eigenvalue weighted by Crippen LogP contribution is 2.26. The van der Waals surface area contributed by atoms with Gasteiger partial charge in [0.1, 0.15) is 11.5 Å². The highest BCUT2D eigenvalue weighted by Gasteiger charge is 2.14. The van der Waals surface area contributed by atoms with Crippen LogP contribution in [0.15, 0.2) is 39.9 Å². The number of hydrogen-bond acceptors (Lipinski definition) is 4. The Bertz CT molecular complexity index is 748. The van der Waals surface area contributed by atoms with Crippen molar-refractivity contribution < 1.29 is 9.21 Å². The zero-order valence-corrected chi connectivity index (χ0v) is 14.3. The molecule has 1 aromatic heterocycles. The van der Waals surface area contributed by atoms with E-state index in [9.17, 15) is 4.79 Å². The van der Waals surface area contributed by atoms with Gasteiger partial charge in [0.15, 0.2) is 0 Å². The number of halogens is 1. The molecule has 6 heteroatoms. The average molecular weight is 346 g/mol. The van der Waals surface area contributed by atoms with Crippen molar-refractivity contribution in [1.29, 1.82) is 0 Å². The molecule has 1 aromatic carbocycles. The Labute approximate surface area is 146 Å². The van der Waals surface area contributed by atoms with E-state index in [0.29, 0.717) is 23.1 Å². The number of nitrogens with one attached hydrogen (secondary N) is 1. The van der Waals surface area contributed by atoms with Gasteiger partial charge in [-0.25, -0.2) is 5.43 Å². The quantitative estimate of drug-likeness (QED) is 0.667. The number of aryl methyl sites for hydroxylation is 1. The standard InChI is InChI=1S/C18H20ClN3O2/c1-13-4-5-14(10-16(13)19)17-7-6-15(24-17)11-20-21-18(23)12-22-8-2-3-9-22/h4-7,10-11H,2-3,8-9,12H2,1H3,(H,21,23)/b20-11+. The SMILES string of the molecule is Cc1ccc(-c2ccc(/C=N/NC(=O)CN3CCCC3)o2)cc1Cl. The molecule has 0 saturated carbocycles. The lowest BCUT2D eigenvalue weighted by Gasteiger charge is -2.11. The molecule has 0 radical (unpaired) electrons. The van der Waals surface area contributed by atoms with Crippen LogP contribution in [0.1, 0.15) is 24.2 Å². The Balaban J connectivity index is 1.57. The fourth-order valence-electron chi connectivity index (χ4n) is 2.67. The van der Waals surface area contributed by atoms with Crippen LogP contribution in [0.2, 0.25) is 5.02 Å². The normalized spacial score (nSPS) is 15.2. The second-order valence-corrected chi connectivity index (χ2v) is 6.35. The van der Waals surface area contributed by atoms with E-state index in [1.807, 2.05) is 31.2 Å². The van der Waals surface area contributed by atoms with Crippen LogP contribution in [0.25, 0.3) is 11.3 Å². The van der Waals surface area contributed by atoms with Gasteiger partial charge in [0.2, 0.25) is 0 Å². The van der Waals surface area contributed by atoms with E-state index >= 15 is 0 Å². The summed E-state index contributed by atoms with van der Waals surface area (Å²) in [6.45, 7) is 4.31. The maximum Gasteiger partial charge on any atom is 0.254 e. The van der Waals surface area contributed by atoms with E-state index in [-0.39, 0.29) is 5.91 Å². The first-order valence-corrected chi connectivity index (χ1v) is 8.40. The minimum absolute atomic E-state index is 0.106. The average Bonchev–Trinajstić information content (AvgIpc) is 3.22. The molecule has 126 valence electrons. The molecule has 0 bridgehead atoms. The zero-order chi connectivity index (χ0) is 16.9. The molecule has 0 aliphatic carbocycles. The van der Waals surface area contributed by atoms with Crippen molar-refractivity contribution in [1.82, 2.24) is 10.3 Å². The number of benzene rings is 1. The first-order chi connectivity index (χ1) is 11.6. The fraction of sp³-hybridized carbons (Fsp3) is 0.333. The predicted molar refractivity (Wildman–Crippen MR) is 95.3 cm³/mol. The summed E-state index contributed by atoms with van der Waals surface area (Å²) in [5.74, 6) is 1.18. The van der Waals surface area contributed by atoms with Crippen molar-refractivity contribution in [2.75, 3.05) is 19.6 Å². The van der Waals surface area contributed by atoms with E-state index in [1.54, 1.807) is 6.07 Å².